The molecule has 5 heteroatoms. The molecular formula is C14H22O5. The molecule has 0 aliphatic heterocycles. The molecule has 0 rings (SSSR count). The Kier molecular flexibility index (Phi) is 7.19. The van der Waals surface area contributed by atoms with Crippen LogP contribution in [0.4, 0.5) is 0 Å². The summed E-state index contributed by atoms with van der Waals surface area (Å²) in [5, 5.41) is 0. The van der Waals surface area contributed by atoms with E-state index in [-0.39, 0.29) is 49.5 Å². The summed E-state index contributed by atoms with van der Waals surface area (Å²) in [5.74, 6) is -1.04. The van der Waals surface area contributed by atoms with Crippen molar-refractivity contribution in [2.45, 2.75) is 52.9 Å². The zero-order valence-corrected chi connectivity index (χ0v) is 12.1. The van der Waals surface area contributed by atoms with Gasteiger partial charge in [0.05, 0.1) is 12.5 Å². The van der Waals surface area contributed by atoms with Crippen LogP contribution in [0.2, 0.25) is 0 Å². The van der Waals surface area contributed by atoms with E-state index in [2.05, 4.69) is 4.74 Å². The first-order chi connectivity index (χ1) is 8.80. The van der Waals surface area contributed by atoms with Crippen LogP contribution in [0.15, 0.2) is 0 Å². The summed E-state index contributed by atoms with van der Waals surface area (Å²) in [6.45, 7) is 4.43. The van der Waals surface area contributed by atoms with Crippen LogP contribution in [0.5, 0.6) is 0 Å². The van der Waals surface area contributed by atoms with Gasteiger partial charge in [0, 0.05) is 19.3 Å². The molecule has 0 fully saturated rings. The van der Waals surface area contributed by atoms with Crippen LogP contribution in [-0.4, -0.2) is 30.4 Å². The average molecular weight is 270 g/mol. The van der Waals surface area contributed by atoms with Gasteiger partial charge in [0.2, 0.25) is 0 Å². The van der Waals surface area contributed by atoms with Crippen molar-refractivity contribution in [2.75, 3.05) is 7.11 Å². The molecule has 1 atom stereocenters. The minimum Gasteiger partial charge on any atom is -0.469 e. The normalized spacial score (nSPS) is 13.5. The predicted molar refractivity (Wildman–Crippen MR) is 69.6 cm³/mol. The number of esters is 1. The van der Waals surface area contributed by atoms with Gasteiger partial charge in [-0.15, -0.1) is 0 Å². The molecule has 0 radical (unpaired) electrons. The van der Waals surface area contributed by atoms with E-state index in [4.69, 9.17) is 0 Å². The van der Waals surface area contributed by atoms with Crippen LogP contribution >= 0.6 is 0 Å². The molecule has 0 saturated heterocycles. The number of hydrogen-bond donors (Lipinski definition) is 0. The molecule has 0 heterocycles. The Labute approximate surface area is 113 Å². The van der Waals surface area contributed by atoms with Gasteiger partial charge < -0.3 is 9.53 Å². The summed E-state index contributed by atoms with van der Waals surface area (Å²) in [6, 6.07) is 0. The summed E-state index contributed by atoms with van der Waals surface area (Å²) in [4.78, 5) is 46.3. The number of ketones is 3. The van der Waals surface area contributed by atoms with Crippen LogP contribution in [0, 0.1) is 5.41 Å². The Morgan fingerprint density at radius 3 is 1.89 bits per heavy atom. The van der Waals surface area contributed by atoms with Crippen LogP contribution < -0.4 is 0 Å². The second-order valence-electron chi connectivity index (χ2n) is 4.69. The Balaban J connectivity index is 5.14. The zero-order valence-electron chi connectivity index (χ0n) is 12.1. The number of methoxy groups -OCH3 is 1. The van der Waals surface area contributed by atoms with Crippen molar-refractivity contribution in [3.8, 4) is 0 Å². The summed E-state index contributed by atoms with van der Waals surface area (Å²) in [6.07, 6.45) is 0.640. The lowest BCUT2D eigenvalue weighted by atomic mass is 9.71. The SMILES string of the molecule is CCC(=O)C(CCC(C)=O)(CCC(=O)OC)C(C)=O. The second-order valence-corrected chi connectivity index (χ2v) is 4.69. The number of Topliss-reactive ketones (excluding diaryl/α,β-unsaturated/α-hetero) is 3. The largest absolute Gasteiger partial charge is 0.469 e. The fourth-order valence-corrected chi connectivity index (χ4v) is 2.10. The fraction of sp³-hybridized carbons (Fsp3) is 0.714. The lowest BCUT2D eigenvalue weighted by Gasteiger charge is -2.29. The zero-order chi connectivity index (χ0) is 15.1. The maximum Gasteiger partial charge on any atom is 0.305 e. The van der Waals surface area contributed by atoms with Gasteiger partial charge in [-0.3, -0.25) is 14.4 Å². The van der Waals surface area contributed by atoms with Crippen molar-refractivity contribution in [3.05, 3.63) is 0 Å². The number of hydrogen-bond acceptors (Lipinski definition) is 5. The molecule has 0 amide bonds. The molecule has 1 unspecified atom stereocenters. The van der Waals surface area contributed by atoms with Gasteiger partial charge in [-0.05, 0) is 26.7 Å². The molecule has 0 aliphatic rings. The van der Waals surface area contributed by atoms with Gasteiger partial charge in [-0.2, -0.15) is 0 Å². The fourth-order valence-electron chi connectivity index (χ4n) is 2.10. The molecule has 0 spiro atoms. The number of ether oxygens (including phenoxy) is 1. The molecule has 0 bridgehead atoms. The highest BCUT2D eigenvalue weighted by molar-refractivity contribution is 6.06. The van der Waals surface area contributed by atoms with E-state index in [1.54, 1.807) is 6.92 Å². The van der Waals surface area contributed by atoms with Gasteiger partial charge in [-0.1, -0.05) is 6.92 Å². The van der Waals surface area contributed by atoms with Gasteiger partial charge in [0.25, 0.3) is 0 Å². The van der Waals surface area contributed by atoms with Crippen LogP contribution in [0.3, 0.4) is 0 Å². The maximum absolute atomic E-state index is 12.1. The summed E-state index contributed by atoms with van der Waals surface area (Å²) < 4.78 is 4.54. The lowest BCUT2D eigenvalue weighted by molar-refractivity contribution is -0.144. The Hall–Kier alpha value is -1.52. The van der Waals surface area contributed by atoms with E-state index in [0.717, 1.165) is 0 Å². The number of rotatable bonds is 9. The van der Waals surface area contributed by atoms with E-state index in [1.807, 2.05) is 0 Å². The smallest absolute Gasteiger partial charge is 0.305 e. The third-order valence-electron chi connectivity index (χ3n) is 3.42. The highest BCUT2D eigenvalue weighted by atomic mass is 16.5. The van der Waals surface area contributed by atoms with Crippen molar-refractivity contribution >= 4 is 23.3 Å². The summed E-state index contributed by atoms with van der Waals surface area (Å²) >= 11 is 0. The molecule has 108 valence electrons. The molecule has 0 aromatic carbocycles. The predicted octanol–water partition coefficient (Wildman–Crippen LogP) is 1.86. The van der Waals surface area contributed by atoms with E-state index in [1.165, 1.54) is 21.0 Å². The van der Waals surface area contributed by atoms with Crippen LogP contribution in [-0.2, 0) is 23.9 Å². The average Bonchev–Trinajstić information content (AvgIpc) is 2.37. The minimum atomic E-state index is -1.23. The van der Waals surface area contributed by atoms with E-state index in [9.17, 15) is 19.2 Å². The molecular weight excluding hydrogens is 248 g/mol. The first-order valence-corrected chi connectivity index (χ1v) is 6.40. The Morgan fingerprint density at radius 2 is 1.53 bits per heavy atom. The molecule has 0 saturated carbocycles. The van der Waals surface area contributed by atoms with E-state index in [0.29, 0.717) is 0 Å². The number of carbonyl (C=O) groups excluding carboxylic acids is 4. The van der Waals surface area contributed by atoms with Gasteiger partial charge in [0.15, 0.2) is 0 Å². The van der Waals surface area contributed by atoms with E-state index < -0.39 is 11.4 Å². The highest BCUT2D eigenvalue weighted by Crippen LogP contribution is 2.34. The molecule has 0 aliphatic carbocycles. The Morgan fingerprint density at radius 1 is 1.00 bits per heavy atom. The van der Waals surface area contributed by atoms with Crippen molar-refractivity contribution in [1.29, 1.82) is 0 Å². The van der Waals surface area contributed by atoms with Crippen molar-refractivity contribution < 1.29 is 23.9 Å². The quantitative estimate of drug-likeness (QED) is 0.472. The molecule has 0 N–H and O–H groups in total. The monoisotopic (exact) mass is 270 g/mol. The second kappa shape index (κ2) is 7.81. The first kappa shape index (κ1) is 17.5. The molecule has 5 nitrogen and oxygen atoms in total. The van der Waals surface area contributed by atoms with Crippen molar-refractivity contribution in [2.24, 2.45) is 5.41 Å². The van der Waals surface area contributed by atoms with Crippen LogP contribution in [0.25, 0.3) is 0 Å². The number of carbonyl (C=O) groups is 4. The molecule has 0 aromatic rings. The first-order valence-electron chi connectivity index (χ1n) is 6.40. The third kappa shape index (κ3) is 4.93. The lowest BCUT2D eigenvalue weighted by Crippen LogP contribution is -2.39. The van der Waals surface area contributed by atoms with E-state index >= 15 is 0 Å². The summed E-state index contributed by atoms with van der Waals surface area (Å²) in [5.41, 5.74) is -1.23. The standard InChI is InChI=1S/C14H22O5/c1-5-12(17)14(11(3)16,8-6-10(2)15)9-7-13(18)19-4/h5-9H2,1-4H3. The van der Waals surface area contributed by atoms with Crippen LogP contribution in [0.1, 0.15) is 52.9 Å². The topological polar surface area (TPSA) is 77.5 Å². The van der Waals surface area contributed by atoms with Crippen molar-refractivity contribution in [1.82, 2.24) is 0 Å². The molecule has 0 aromatic heterocycles. The van der Waals surface area contributed by atoms with Gasteiger partial charge in [0.1, 0.15) is 17.3 Å². The minimum absolute atomic E-state index is 0.000273. The summed E-state index contributed by atoms with van der Waals surface area (Å²) in [7, 11) is 1.26. The molecule has 19 heavy (non-hydrogen) atoms. The third-order valence-corrected chi connectivity index (χ3v) is 3.42. The van der Waals surface area contributed by atoms with Gasteiger partial charge >= 0.3 is 5.97 Å². The van der Waals surface area contributed by atoms with Gasteiger partial charge in [-0.25, -0.2) is 0 Å². The Bertz CT molecular complexity index is 372. The highest BCUT2D eigenvalue weighted by Gasteiger charge is 2.41. The van der Waals surface area contributed by atoms with Crippen molar-refractivity contribution in [3.63, 3.8) is 0 Å². The maximum atomic E-state index is 12.1.